The molecule has 2 heterocycles. The number of hydrogen-bond acceptors (Lipinski definition) is 4. The monoisotopic (exact) mass is 248 g/mol. The molecule has 2 atom stereocenters. The molecule has 2 saturated heterocycles. The summed E-state index contributed by atoms with van der Waals surface area (Å²) < 4.78 is 31.3. The molecule has 5 nitrogen and oxygen atoms in total. The number of hydrogen-bond donors (Lipinski definition) is 1. The van der Waals surface area contributed by atoms with E-state index < -0.39 is 10.0 Å². The number of rotatable bonds is 3. The van der Waals surface area contributed by atoms with E-state index in [4.69, 9.17) is 4.74 Å². The lowest BCUT2D eigenvalue weighted by molar-refractivity contribution is 0.125. The van der Waals surface area contributed by atoms with Gasteiger partial charge in [0.1, 0.15) is 0 Å². The van der Waals surface area contributed by atoms with Crippen LogP contribution in [0.1, 0.15) is 19.8 Å². The Morgan fingerprint density at radius 1 is 1.50 bits per heavy atom. The Bertz CT molecular complexity index is 325. The number of nitrogens with zero attached hydrogens (tertiary/aromatic N) is 1. The van der Waals surface area contributed by atoms with Crippen molar-refractivity contribution in [3.05, 3.63) is 0 Å². The Hall–Kier alpha value is -0.170. The van der Waals surface area contributed by atoms with Gasteiger partial charge in [0.05, 0.1) is 11.9 Å². The molecule has 0 aromatic heterocycles. The van der Waals surface area contributed by atoms with E-state index >= 15 is 0 Å². The van der Waals surface area contributed by atoms with Crippen LogP contribution in [0.3, 0.4) is 0 Å². The Kier molecular flexibility index (Phi) is 3.84. The fraction of sp³-hybridized carbons (Fsp3) is 1.00. The molecule has 2 rings (SSSR count). The molecule has 0 radical (unpaired) electrons. The lowest BCUT2D eigenvalue weighted by atomic mass is 10.3. The van der Waals surface area contributed by atoms with Gasteiger partial charge < -0.3 is 10.1 Å². The largest absolute Gasteiger partial charge is 0.377 e. The maximum Gasteiger partial charge on any atom is 0.216 e. The van der Waals surface area contributed by atoms with Gasteiger partial charge in [0, 0.05) is 32.3 Å². The van der Waals surface area contributed by atoms with E-state index in [1.165, 1.54) is 0 Å². The van der Waals surface area contributed by atoms with Crippen molar-refractivity contribution in [2.24, 2.45) is 0 Å². The maximum atomic E-state index is 12.2. The Labute approximate surface area is 97.2 Å². The van der Waals surface area contributed by atoms with Gasteiger partial charge in [-0.25, -0.2) is 8.42 Å². The third-order valence-corrected chi connectivity index (χ3v) is 5.27. The summed E-state index contributed by atoms with van der Waals surface area (Å²) in [5, 5.41) is 3.19. The second-order valence-electron chi connectivity index (χ2n) is 4.58. The highest BCUT2D eigenvalue weighted by molar-refractivity contribution is 7.89. The summed E-state index contributed by atoms with van der Waals surface area (Å²) in [6.45, 7) is 4.71. The van der Waals surface area contributed by atoms with Crippen molar-refractivity contribution in [2.45, 2.75) is 31.9 Å². The highest BCUT2D eigenvalue weighted by Crippen LogP contribution is 2.18. The summed E-state index contributed by atoms with van der Waals surface area (Å²) in [7, 11) is -3.15. The predicted octanol–water partition coefficient (Wildman–Crippen LogP) is -0.211. The van der Waals surface area contributed by atoms with Crippen molar-refractivity contribution < 1.29 is 13.2 Å². The SMILES string of the molecule is C[C@H]1CNCCN1S(=O)(=O)CC1CCCO1. The van der Waals surface area contributed by atoms with Crippen LogP contribution in [0.15, 0.2) is 0 Å². The molecule has 0 saturated carbocycles. The minimum Gasteiger partial charge on any atom is -0.377 e. The van der Waals surface area contributed by atoms with Crippen molar-refractivity contribution in [3.8, 4) is 0 Å². The first-order valence-corrected chi connectivity index (χ1v) is 7.52. The summed E-state index contributed by atoms with van der Waals surface area (Å²) in [5.74, 6) is 0.150. The van der Waals surface area contributed by atoms with Gasteiger partial charge in [-0.15, -0.1) is 0 Å². The average Bonchev–Trinajstić information content (AvgIpc) is 2.70. The van der Waals surface area contributed by atoms with Crippen molar-refractivity contribution in [1.82, 2.24) is 9.62 Å². The van der Waals surface area contributed by atoms with Crippen LogP contribution in [0.2, 0.25) is 0 Å². The van der Waals surface area contributed by atoms with Crippen molar-refractivity contribution >= 4 is 10.0 Å². The van der Waals surface area contributed by atoms with E-state index in [1.54, 1.807) is 4.31 Å². The predicted molar refractivity (Wildman–Crippen MR) is 61.8 cm³/mol. The van der Waals surface area contributed by atoms with E-state index in [0.717, 1.165) is 25.9 Å². The molecule has 2 aliphatic heterocycles. The van der Waals surface area contributed by atoms with E-state index in [-0.39, 0.29) is 17.9 Å². The lowest BCUT2D eigenvalue weighted by Gasteiger charge is -2.33. The van der Waals surface area contributed by atoms with Gasteiger partial charge in [-0.3, -0.25) is 0 Å². The van der Waals surface area contributed by atoms with Crippen LogP contribution in [0.25, 0.3) is 0 Å². The van der Waals surface area contributed by atoms with Crippen LogP contribution in [0.5, 0.6) is 0 Å². The van der Waals surface area contributed by atoms with Gasteiger partial charge in [0.25, 0.3) is 0 Å². The molecule has 16 heavy (non-hydrogen) atoms. The molecule has 0 amide bonds. The molecule has 94 valence electrons. The molecule has 2 fully saturated rings. The van der Waals surface area contributed by atoms with E-state index in [2.05, 4.69) is 5.32 Å². The Morgan fingerprint density at radius 3 is 2.94 bits per heavy atom. The van der Waals surface area contributed by atoms with Crippen LogP contribution >= 0.6 is 0 Å². The zero-order valence-corrected chi connectivity index (χ0v) is 10.5. The third-order valence-electron chi connectivity index (χ3n) is 3.22. The topological polar surface area (TPSA) is 58.6 Å². The van der Waals surface area contributed by atoms with E-state index in [1.807, 2.05) is 6.92 Å². The fourth-order valence-electron chi connectivity index (χ4n) is 2.34. The van der Waals surface area contributed by atoms with Gasteiger partial charge >= 0.3 is 0 Å². The van der Waals surface area contributed by atoms with E-state index in [9.17, 15) is 8.42 Å². The molecule has 0 bridgehead atoms. The number of nitrogens with one attached hydrogen (secondary N) is 1. The average molecular weight is 248 g/mol. The van der Waals surface area contributed by atoms with E-state index in [0.29, 0.717) is 13.2 Å². The molecule has 0 aromatic rings. The summed E-state index contributed by atoms with van der Waals surface area (Å²) in [6, 6.07) is 0.0557. The highest BCUT2D eigenvalue weighted by Gasteiger charge is 2.32. The quantitative estimate of drug-likeness (QED) is 0.751. The Morgan fingerprint density at radius 2 is 2.31 bits per heavy atom. The van der Waals surface area contributed by atoms with Crippen molar-refractivity contribution in [1.29, 1.82) is 0 Å². The second-order valence-corrected chi connectivity index (χ2v) is 6.54. The molecular formula is C10H20N2O3S. The minimum atomic E-state index is -3.15. The lowest BCUT2D eigenvalue weighted by Crippen LogP contribution is -2.53. The van der Waals surface area contributed by atoms with Crippen LogP contribution in [-0.2, 0) is 14.8 Å². The van der Waals surface area contributed by atoms with Gasteiger partial charge in [0.2, 0.25) is 10.0 Å². The normalized spacial score (nSPS) is 33.1. The zero-order valence-electron chi connectivity index (χ0n) is 9.68. The first-order chi connectivity index (χ1) is 7.59. The second kappa shape index (κ2) is 5.00. The summed E-state index contributed by atoms with van der Waals surface area (Å²) in [4.78, 5) is 0. The first-order valence-electron chi connectivity index (χ1n) is 5.91. The number of piperazine rings is 1. The smallest absolute Gasteiger partial charge is 0.216 e. The van der Waals surface area contributed by atoms with Gasteiger partial charge in [0.15, 0.2) is 0 Å². The number of ether oxygens (including phenoxy) is 1. The van der Waals surface area contributed by atoms with Crippen LogP contribution < -0.4 is 5.32 Å². The zero-order chi connectivity index (χ0) is 11.6. The standard InChI is InChI=1S/C10H20N2O3S/c1-9-7-11-4-5-12(9)16(13,14)8-10-3-2-6-15-10/h9-11H,2-8H2,1H3/t9-,10?/m0/s1. The first kappa shape index (κ1) is 12.3. The summed E-state index contributed by atoms with van der Waals surface area (Å²) in [6.07, 6.45) is 1.77. The molecule has 1 unspecified atom stereocenters. The summed E-state index contributed by atoms with van der Waals surface area (Å²) >= 11 is 0. The highest BCUT2D eigenvalue weighted by atomic mass is 32.2. The molecular weight excluding hydrogens is 228 g/mol. The molecule has 0 aliphatic carbocycles. The molecule has 6 heteroatoms. The van der Waals surface area contributed by atoms with Crippen LogP contribution in [-0.4, -0.2) is 56.9 Å². The molecule has 1 N–H and O–H groups in total. The maximum absolute atomic E-state index is 12.2. The summed E-state index contributed by atoms with van der Waals surface area (Å²) in [5.41, 5.74) is 0. The molecule has 2 aliphatic rings. The number of sulfonamides is 1. The minimum absolute atomic E-state index is 0.0557. The van der Waals surface area contributed by atoms with Crippen LogP contribution in [0, 0.1) is 0 Å². The van der Waals surface area contributed by atoms with Crippen molar-refractivity contribution in [3.63, 3.8) is 0 Å². The fourth-order valence-corrected chi connectivity index (χ4v) is 4.26. The third kappa shape index (κ3) is 2.74. The molecule has 0 aromatic carbocycles. The van der Waals surface area contributed by atoms with Gasteiger partial charge in [-0.2, -0.15) is 4.31 Å². The van der Waals surface area contributed by atoms with Gasteiger partial charge in [-0.1, -0.05) is 0 Å². The molecule has 0 spiro atoms. The van der Waals surface area contributed by atoms with Crippen molar-refractivity contribution in [2.75, 3.05) is 32.0 Å². The van der Waals surface area contributed by atoms with Gasteiger partial charge in [-0.05, 0) is 19.8 Å². The Balaban J connectivity index is 1.99. The van der Waals surface area contributed by atoms with Crippen LogP contribution in [0.4, 0.5) is 0 Å².